The molecule has 0 spiro atoms. The van der Waals surface area contributed by atoms with Crippen molar-refractivity contribution < 1.29 is 4.42 Å². The Morgan fingerprint density at radius 1 is 0.622 bits per heavy atom. The van der Waals surface area contributed by atoms with Crippen LogP contribution in [0.5, 0.6) is 0 Å². The van der Waals surface area contributed by atoms with Crippen molar-refractivity contribution in [3.8, 4) is 45.3 Å². The number of aromatic nitrogens is 3. The van der Waals surface area contributed by atoms with Crippen LogP contribution in [0.3, 0.4) is 0 Å². The number of hydrogen-bond donors (Lipinski definition) is 0. The Bertz CT molecular complexity index is 2340. The smallest absolute Gasteiger partial charge is 0.164 e. The highest BCUT2D eigenvalue weighted by atomic mass is 32.1. The zero-order valence-electron chi connectivity index (χ0n) is 24.6. The van der Waals surface area contributed by atoms with Crippen LogP contribution in [0, 0.1) is 0 Å². The van der Waals surface area contributed by atoms with Crippen LogP contribution in [-0.2, 0) is 0 Å². The largest absolute Gasteiger partial charge is 0.456 e. The SMILES string of the molecule is C=Cc1c(/C=C\C)oc2cccc(-c3ccc4sc5cc(-c6nc(-c7ccccc7)nc(-c7ccccc7)n6)ccc5c4c3)c12. The average molecular weight is 598 g/mol. The van der Waals surface area contributed by atoms with E-state index in [1.165, 1.54) is 20.2 Å². The second-order valence-electron chi connectivity index (χ2n) is 10.8. The average Bonchev–Trinajstić information content (AvgIpc) is 3.65. The number of rotatable bonds is 6. The molecule has 3 aromatic heterocycles. The van der Waals surface area contributed by atoms with Gasteiger partial charge in [0.25, 0.3) is 0 Å². The van der Waals surface area contributed by atoms with E-state index in [0.717, 1.165) is 50.1 Å². The van der Waals surface area contributed by atoms with Crippen molar-refractivity contribution in [1.82, 2.24) is 15.0 Å². The number of allylic oxidation sites excluding steroid dienone is 1. The minimum absolute atomic E-state index is 0.656. The summed E-state index contributed by atoms with van der Waals surface area (Å²) in [6, 6.07) is 39.6. The van der Waals surface area contributed by atoms with Gasteiger partial charge in [-0.1, -0.05) is 110 Å². The molecule has 45 heavy (non-hydrogen) atoms. The van der Waals surface area contributed by atoms with Gasteiger partial charge in [0.15, 0.2) is 17.5 Å². The molecule has 0 saturated heterocycles. The van der Waals surface area contributed by atoms with Crippen LogP contribution in [-0.4, -0.2) is 15.0 Å². The molecule has 0 N–H and O–H groups in total. The van der Waals surface area contributed by atoms with Gasteiger partial charge < -0.3 is 4.42 Å². The van der Waals surface area contributed by atoms with Gasteiger partial charge in [-0.3, -0.25) is 0 Å². The first-order valence-corrected chi connectivity index (χ1v) is 15.7. The topological polar surface area (TPSA) is 51.8 Å². The fourth-order valence-corrected chi connectivity index (χ4v) is 7.06. The summed E-state index contributed by atoms with van der Waals surface area (Å²) in [4.78, 5) is 14.7. The van der Waals surface area contributed by atoms with E-state index in [1.807, 2.05) is 91.9 Å². The first-order chi connectivity index (χ1) is 22.2. The van der Waals surface area contributed by atoms with Crippen LogP contribution < -0.4 is 0 Å². The van der Waals surface area contributed by atoms with Gasteiger partial charge in [0.05, 0.1) is 0 Å². The van der Waals surface area contributed by atoms with Crippen molar-refractivity contribution in [1.29, 1.82) is 0 Å². The summed E-state index contributed by atoms with van der Waals surface area (Å²) in [5, 5.41) is 3.51. The molecule has 3 heterocycles. The summed E-state index contributed by atoms with van der Waals surface area (Å²) < 4.78 is 8.61. The number of nitrogens with zero attached hydrogens (tertiary/aromatic N) is 3. The molecule has 8 aromatic rings. The van der Waals surface area contributed by atoms with E-state index in [4.69, 9.17) is 19.4 Å². The minimum Gasteiger partial charge on any atom is -0.456 e. The molecule has 5 heteroatoms. The van der Waals surface area contributed by atoms with Crippen molar-refractivity contribution in [3.63, 3.8) is 0 Å². The highest BCUT2D eigenvalue weighted by Crippen LogP contribution is 2.41. The molecule has 5 aromatic carbocycles. The van der Waals surface area contributed by atoms with Crippen molar-refractivity contribution in [2.75, 3.05) is 0 Å². The molecule has 0 saturated carbocycles. The monoisotopic (exact) mass is 597 g/mol. The van der Waals surface area contributed by atoms with E-state index in [0.29, 0.717) is 17.5 Å². The van der Waals surface area contributed by atoms with Crippen LogP contribution in [0.15, 0.2) is 132 Å². The number of hydrogen-bond acceptors (Lipinski definition) is 5. The lowest BCUT2D eigenvalue weighted by atomic mass is 9.97. The lowest BCUT2D eigenvalue weighted by molar-refractivity contribution is 0.603. The second kappa shape index (κ2) is 11.1. The molecule has 0 amide bonds. The fourth-order valence-electron chi connectivity index (χ4n) is 5.93. The van der Waals surface area contributed by atoms with Crippen molar-refractivity contribution in [2.24, 2.45) is 0 Å². The van der Waals surface area contributed by atoms with Crippen molar-refractivity contribution in [2.45, 2.75) is 6.92 Å². The Morgan fingerprint density at radius 3 is 1.96 bits per heavy atom. The molecule has 8 rings (SSSR count). The molecule has 4 nitrogen and oxygen atoms in total. The van der Waals surface area contributed by atoms with Crippen LogP contribution in [0.2, 0.25) is 0 Å². The lowest BCUT2D eigenvalue weighted by Crippen LogP contribution is -1.99. The van der Waals surface area contributed by atoms with Gasteiger partial charge in [-0.15, -0.1) is 11.3 Å². The predicted molar refractivity (Wildman–Crippen MR) is 189 cm³/mol. The number of thiophene rings is 1. The van der Waals surface area contributed by atoms with E-state index in [1.54, 1.807) is 11.3 Å². The normalized spacial score (nSPS) is 11.7. The van der Waals surface area contributed by atoms with E-state index in [-0.39, 0.29) is 0 Å². The summed E-state index contributed by atoms with van der Waals surface area (Å²) in [6.45, 7) is 6.08. The van der Waals surface area contributed by atoms with E-state index in [9.17, 15) is 0 Å². The molecule has 0 aliphatic rings. The van der Waals surface area contributed by atoms with E-state index < -0.39 is 0 Å². The summed E-state index contributed by atoms with van der Waals surface area (Å²) in [5.41, 5.74) is 7.02. The summed E-state index contributed by atoms with van der Waals surface area (Å²) >= 11 is 1.78. The third-order valence-corrected chi connectivity index (χ3v) is 9.18. The highest BCUT2D eigenvalue weighted by molar-refractivity contribution is 7.25. The standard InChI is InChI=1S/C40H27N3OS/c1-3-12-33-29(4-2)37-30(17-11-18-34(37)44-33)27-20-22-35-32(23-27)31-21-19-28(24-36(31)45-35)40-42-38(25-13-7-5-8-14-25)41-39(43-40)26-15-9-6-10-16-26/h3-24H,2H2,1H3/b12-3-. The van der Waals surface area contributed by atoms with E-state index in [2.05, 4.69) is 55.1 Å². The summed E-state index contributed by atoms with van der Waals surface area (Å²) in [7, 11) is 0. The maximum absolute atomic E-state index is 6.19. The first-order valence-electron chi connectivity index (χ1n) is 14.8. The molecular weight excluding hydrogens is 571 g/mol. The minimum atomic E-state index is 0.656. The van der Waals surface area contributed by atoms with Crippen LogP contribution in [0.1, 0.15) is 18.2 Å². The summed E-state index contributed by atoms with van der Waals surface area (Å²) in [5.74, 6) is 2.80. The molecule has 0 aliphatic heterocycles. The van der Waals surface area contributed by atoms with Gasteiger partial charge in [-0.05, 0) is 48.4 Å². The van der Waals surface area contributed by atoms with Crippen molar-refractivity contribution in [3.05, 3.63) is 139 Å². The maximum Gasteiger partial charge on any atom is 0.164 e. The molecular formula is C40H27N3OS. The fraction of sp³-hybridized carbons (Fsp3) is 0.0250. The zero-order valence-corrected chi connectivity index (χ0v) is 25.4. The van der Waals surface area contributed by atoms with Gasteiger partial charge in [-0.2, -0.15) is 0 Å². The van der Waals surface area contributed by atoms with Gasteiger partial charge in [0.2, 0.25) is 0 Å². The molecule has 0 radical (unpaired) electrons. The zero-order chi connectivity index (χ0) is 30.3. The summed E-state index contributed by atoms with van der Waals surface area (Å²) in [6.07, 6.45) is 5.87. The number of fused-ring (bicyclic) bond motifs is 4. The predicted octanol–water partition coefficient (Wildman–Crippen LogP) is 11.3. The molecule has 0 bridgehead atoms. The first kappa shape index (κ1) is 26.9. The van der Waals surface area contributed by atoms with Crippen molar-refractivity contribution >= 4 is 54.6 Å². The second-order valence-corrected chi connectivity index (χ2v) is 11.9. The number of benzene rings is 5. The van der Waals surface area contributed by atoms with Gasteiger partial charge in [0.1, 0.15) is 11.3 Å². The quantitative estimate of drug-likeness (QED) is 0.191. The Kier molecular flexibility index (Phi) is 6.66. The third-order valence-electron chi connectivity index (χ3n) is 8.04. The molecule has 0 atom stereocenters. The van der Waals surface area contributed by atoms with Gasteiger partial charge in [0, 0.05) is 47.8 Å². The van der Waals surface area contributed by atoms with Crippen LogP contribution in [0.4, 0.5) is 0 Å². The lowest BCUT2D eigenvalue weighted by Gasteiger charge is -2.08. The van der Waals surface area contributed by atoms with Crippen LogP contribution in [0.25, 0.3) is 88.6 Å². The maximum atomic E-state index is 6.19. The molecule has 0 aliphatic carbocycles. The van der Waals surface area contributed by atoms with Gasteiger partial charge >= 0.3 is 0 Å². The highest BCUT2D eigenvalue weighted by Gasteiger charge is 2.17. The number of furan rings is 1. The third kappa shape index (κ3) is 4.74. The molecule has 0 fully saturated rings. The van der Waals surface area contributed by atoms with Gasteiger partial charge in [-0.25, -0.2) is 15.0 Å². The van der Waals surface area contributed by atoms with Crippen LogP contribution >= 0.6 is 11.3 Å². The Balaban J connectivity index is 1.26. The van der Waals surface area contributed by atoms with E-state index >= 15 is 0 Å². The molecule has 214 valence electrons. The molecule has 0 unspecified atom stereocenters. The Morgan fingerprint density at radius 2 is 1.29 bits per heavy atom. The Hall–Kier alpha value is -5.65. The Labute approximate surface area is 264 Å².